The van der Waals surface area contributed by atoms with Gasteiger partial charge < -0.3 is 0 Å². The molecule has 0 heteroatoms. The van der Waals surface area contributed by atoms with Crippen LogP contribution in [0.1, 0.15) is 71.9 Å². The normalized spacial score (nSPS) is 14.9. The van der Waals surface area contributed by atoms with Gasteiger partial charge in [0.15, 0.2) is 0 Å². The summed E-state index contributed by atoms with van der Waals surface area (Å²) in [4.78, 5) is 0. The van der Waals surface area contributed by atoms with E-state index in [1.807, 2.05) is 0 Å². The highest BCUT2D eigenvalue weighted by molar-refractivity contribution is 5.90. The lowest BCUT2D eigenvalue weighted by Gasteiger charge is -2.31. The van der Waals surface area contributed by atoms with Crippen LogP contribution in [0.15, 0.2) is 222 Å². The van der Waals surface area contributed by atoms with Gasteiger partial charge in [-0.25, -0.2) is 0 Å². The van der Waals surface area contributed by atoms with Crippen LogP contribution >= 0.6 is 0 Å². The molecule has 3 aliphatic rings. The van der Waals surface area contributed by atoms with Crippen LogP contribution in [0.4, 0.5) is 0 Å². The standard InChI is InChI=1S/C63H54/c1-7-31-61(32-8-2)55-22-16-13-19-49(55)52-28-25-43(40-58(52)61)46-37-47(44-26-29-53-50-20-14-17-23-56(50)62(33-9-3,34-10-4)59(53)41-44)39-48(38-46)45-27-30-54-51-21-15-18-24-57(51)63(35-11-5,36-12-6)60(54)42-45/h7-30,37-42H,1-6,31-36H2. The minimum Gasteiger partial charge on any atom is -0.103 e. The molecule has 0 aromatic heterocycles. The predicted molar refractivity (Wildman–Crippen MR) is 270 cm³/mol. The van der Waals surface area contributed by atoms with E-state index < -0.39 is 0 Å². The highest BCUT2D eigenvalue weighted by Gasteiger charge is 2.44. The van der Waals surface area contributed by atoms with E-state index in [2.05, 4.69) is 222 Å². The molecular weight excluding hydrogens is 757 g/mol. The van der Waals surface area contributed by atoms with Gasteiger partial charge in [0, 0.05) is 16.2 Å². The van der Waals surface area contributed by atoms with E-state index in [0.29, 0.717) is 0 Å². The largest absolute Gasteiger partial charge is 0.103 e. The van der Waals surface area contributed by atoms with Gasteiger partial charge in [-0.05, 0) is 175 Å². The molecule has 63 heavy (non-hydrogen) atoms. The molecular formula is C63H54. The first kappa shape index (κ1) is 40.1. The third kappa shape index (κ3) is 5.96. The minimum atomic E-state index is -0.227. The molecule has 0 fully saturated rings. The summed E-state index contributed by atoms with van der Waals surface area (Å²) in [5.41, 5.74) is 22.4. The van der Waals surface area contributed by atoms with E-state index >= 15 is 0 Å². The zero-order valence-corrected chi connectivity index (χ0v) is 36.3. The van der Waals surface area contributed by atoms with Crippen LogP contribution in [0.5, 0.6) is 0 Å². The maximum Gasteiger partial charge on any atom is 0.0283 e. The van der Waals surface area contributed by atoms with Gasteiger partial charge in [-0.15, -0.1) is 39.5 Å². The average molecular weight is 811 g/mol. The molecule has 0 amide bonds. The Kier molecular flexibility index (Phi) is 9.99. The molecule has 7 aromatic carbocycles. The fourth-order valence-electron chi connectivity index (χ4n) is 12.1. The number of rotatable bonds is 15. The molecule has 0 aliphatic heterocycles. The van der Waals surface area contributed by atoms with E-state index in [9.17, 15) is 0 Å². The molecule has 0 saturated heterocycles. The van der Waals surface area contributed by atoms with Gasteiger partial charge in [-0.1, -0.05) is 146 Å². The van der Waals surface area contributed by atoms with Gasteiger partial charge in [0.1, 0.15) is 0 Å². The summed E-state index contributed by atoms with van der Waals surface area (Å²) >= 11 is 0. The molecule has 10 rings (SSSR count). The van der Waals surface area contributed by atoms with Crippen molar-refractivity contribution < 1.29 is 0 Å². The van der Waals surface area contributed by atoms with Crippen molar-refractivity contribution in [3.8, 4) is 66.8 Å². The van der Waals surface area contributed by atoms with Gasteiger partial charge >= 0.3 is 0 Å². The van der Waals surface area contributed by atoms with Gasteiger partial charge in [0.05, 0.1) is 0 Å². The molecule has 0 atom stereocenters. The van der Waals surface area contributed by atoms with E-state index in [4.69, 9.17) is 0 Å². The van der Waals surface area contributed by atoms with Crippen LogP contribution in [-0.4, -0.2) is 0 Å². The molecule has 0 spiro atoms. The Bertz CT molecular complexity index is 2670. The highest BCUT2D eigenvalue weighted by Crippen LogP contribution is 2.57. The summed E-state index contributed by atoms with van der Waals surface area (Å²) in [6, 6.07) is 55.3. The molecule has 0 bridgehead atoms. The first-order chi connectivity index (χ1) is 30.9. The van der Waals surface area contributed by atoms with Crippen LogP contribution in [0.3, 0.4) is 0 Å². The fourth-order valence-corrected chi connectivity index (χ4v) is 12.1. The van der Waals surface area contributed by atoms with Crippen molar-refractivity contribution in [2.24, 2.45) is 0 Å². The van der Waals surface area contributed by atoms with Crippen molar-refractivity contribution in [3.05, 3.63) is 255 Å². The first-order valence-electron chi connectivity index (χ1n) is 22.4. The second-order valence-corrected chi connectivity index (χ2v) is 17.9. The summed E-state index contributed by atoms with van der Waals surface area (Å²) in [5, 5.41) is 0. The molecule has 0 saturated carbocycles. The number of allylic oxidation sites excluding steroid dienone is 6. The summed E-state index contributed by atoms with van der Waals surface area (Å²) < 4.78 is 0. The summed E-state index contributed by atoms with van der Waals surface area (Å²) in [6.07, 6.45) is 17.5. The minimum absolute atomic E-state index is 0.227. The first-order valence-corrected chi connectivity index (χ1v) is 22.4. The molecule has 0 heterocycles. The van der Waals surface area contributed by atoms with Gasteiger partial charge in [-0.2, -0.15) is 0 Å². The van der Waals surface area contributed by atoms with E-state index in [-0.39, 0.29) is 16.2 Å². The van der Waals surface area contributed by atoms with Crippen LogP contribution in [0.2, 0.25) is 0 Å². The molecule has 0 radical (unpaired) electrons. The Balaban J connectivity index is 1.20. The maximum absolute atomic E-state index is 4.25. The number of benzene rings is 7. The molecule has 3 aliphatic carbocycles. The Morgan fingerprint density at radius 3 is 0.746 bits per heavy atom. The van der Waals surface area contributed by atoms with E-state index in [1.54, 1.807) is 0 Å². The maximum atomic E-state index is 4.25. The van der Waals surface area contributed by atoms with Crippen LogP contribution in [0.25, 0.3) is 66.8 Å². The number of hydrogen-bond donors (Lipinski definition) is 0. The zero-order chi connectivity index (χ0) is 43.3. The van der Waals surface area contributed by atoms with E-state index in [0.717, 1.165) is 38.5 Å². The Morgan fingerprint density at radius 1 is 0.254 bits per heavy atom. The third-order valence-electron chi connectivity index (χ3n) is 14.7. The van der Waals surface area contributed by atoms with E-state index in [1.165, 1.54) is 100 Å². The quantitative estimate of drug-likeness (QED) is 0.0905. The van der Waals surface area contributed by atoms with Crippen LogP contribution < -0.4 is 0 Å². The molecule has 0 unspecified atom stereocenters. The summed E-state index contributed by atoms with van der Waals surface area (Å²) in [7, 11) is 0. The Labute approximate surface area is 374 Å². The summed E-state index contributed by atoms with van der Waals surface area (Å²) in [5.74, 6) is 0. The topological polar surface area (TPSA) is 0 Å². The lowest BCUT2D eigenvalue weighted by atomic mass is 9.72. The smallest absolute Gasteiger partial charge is 0.0283 e. The molecule has 0 nitrogen and oxygen atoms in total. The van der Waals surface area contributed by atoms with Crippen molar-refractivity contribution in [1.29, 1.82) is 0 Å². The highest BCUT2D eigenvalue weighted by atomic mass is 14.5. The van der Waals surface area contributed by atoms with Gasteiger partial charge in [0.2, 0.25) is 0 Å². The second kappa shape index (κ2) is 15.7. The Hall–Kier alpha value is -7.02. The summed E-state index contributed by atoms with van der Waals surface area (Å²) in [6.45, 7) is 25.5. The predicted octanol–water partition coefficient (Wildman–Crippen LogP) is 16.9. The van der Waals surface area contributed by atoms with Crippen LogP contribution in [0, 0.1) is 0 Å². The van der Waals surface area contributed by atoms with Crippen molar-refractivity contribution in [2.45, 2.75) is 54.8 Å². The SMILES string of the molecule is C=CCC1(CC=C)c2ccccc2-c2ccc(-c3cc(-c4ccc5c(c4)C(CC=C)(CC=C)c4ccccc4-5)cc(-c4ccc5c(c4)C(CC=C)(CC=C)c4ccccc4-5)c3)cc21. The van der Waals surface area contributed by atoms with Gasteiger partial charge in [0.25, 0.3) is 0 Å². The monoisotopic (exact) mass is 810 g/mol. The number of hydrogen-bond acceptors (Lipinski definition) is 0. The van der Waals surface area contributed by atoms with Gasteiger partial charge in [-0.3, -0.25) is 0 Å². The average Bonchev–Trinajstić information content (AvgIpc) is 3.86. The zero-order valence-electron chi connectivity index (χ0n) is 36.3. The van der Waals surface area contributed by atoms with Crippen molar-refractivity contribution in [2.75, 3.05) is 0 Å². The second-order valence-electron chi connectivity index (χ2n) is 17.9. The van der Waals surface area contributed by atoms with Crippen molar-refractivity contribution in [1.82, 2.24) is 0 Å². The van der Waals surface area contributed by atoms with Crippen molar-refractivity contribution in [3.63, 3.8) is 0 Å². The lowest BCUT2D eigenvalue weighted by Crippen LogP contribution is -2.23. The molecule has 0 N–H and O–H groups in total. The van der Waals surface area contributed by atoms with Crippen molar-refractivity contribution >= 4 is 0 Å². The fraction of sp³-hybridized carbons (Fsp3) is 0.143. The third-order valence-corrected chi connectivity index (χ3v) is 14.7. The van der Waals surface area contributed by atoms with Crippen LogP contribution in [-0.2, 0) is 16.2 Å². The number of fused-ring (bicyclic) bond motifs is 9. The molecule has 7 aromatic rings. The lowest BCUT2D eigenvalue weighted by molar-refractivity contribution is 0.543. The molecule has 306 valence electrons. The Morgan fingerprint density at radius 2 is 0.492 bits per heavy atom.